The lowest BCUT2D eigenvalue weighted by Gasteiger charge is -2.24. The molecule has 0 saturated heterocycles. The molecule has 156 valence electrons. The zero-order valence-corrected chi connectivity index (χ0v) is 18.0. The van der Waals surface area contributed by atoms with Crippen LogP contribution in [0, 0.1) is 0 Å². The van der Waals surface area contributed by atoms with Crippen LogP contribution in [0.15, 0.2) is 125 Å². The maximum Gasteiger partial charge on any atom is 0.277 e. The monoisotopic (exact) mass is 449 g/mol. The molecule has 0 radical (unpaired) electrons. The molecule has 0 aromatic heterocycles. The van der Waals surface area contributed by atoms with E-state index in [-0.39, 0.29) is 15.5 Å². The average molecular weight is 450 g/mol. The lowest BCUT2D eigenvalue weighted by atomic mass is 10.1. The number of benzene rings is 4. The van der Waals surface area contributed by atoms with E-state index in [0.717, 1.165) is 11.1 Å². The quantitative estimate of drug-likeness (QED) is 0.418. The van der Waals surface area contributed by atoms with Gasteiger partial charge in [-0.1, -0.05) is 78.9 Å². The van der Waals surface area contributed by atoms with E-state index in [1.54, 1.807) is 48.5 Å². The topological polar surface area (TPSA) is 71.5 Å². The predicted octanol–water partition coefficient (Wildman–Crippen LogP) is 4.94. The van der Waals surface area contributed by atoms with Crippen molar-refractivity contribution in [3.63, 3.8) is 0 Å². The van der Waals surface area contributed by atoms with Crippen molar-refractivity contribution in [1.29, 1.82) is 0 Å². The van der Waals surface area contributed by atoms with E-state index in [0.29, 0.717) is 3.71 Å². The maximum atomic E-state index is 13.5. The molecule has 0 spiro atoms. The lowest BCUT2D eigenvalue weighted by molar-refractivity contribution is 0.584. The van der Waals surface area contributed by atoms with E-state index < -0.39 is 20.0 Å². The van der Waals surface area contributed by atoms with Crippen molar-refractivity contribution in [1.82, 2.24) is 0 Å². The van der Waals surface area contributed by atoms with E-state index in [1.165, 1.54) is 36.4 Å². The molecule has 0 amide bonds. The van der Waals surface area contributed by atoms with Gasteiger partial charge in [0.15, 0.2) is 0 Å². The van der Waals surface area contributed by atoms with E-state index in [4.69, 9.17) is 0 Å². The molecule has 7 heteroatoms. The number of sulfonamides is 2. The molecular weight excluding hydrogens is 430 g/mol. The Morgan fingerprint density at radius 3 is 1.19 bits per heavy atom. The summed E-state index contributed by atoms with van der Waals surface area (Å²) in [4.78, 5) is -0.219. The van der Waals surface area contributed by atoms with Crippen LogP contribution in [-0.2, 0) is 20.0 Å². The van der Waals surface area contributed by atoms with Crippen LogP contribution in [0.25, 0.3) is 11.1 Å². The molecule has 0 bridgehead atoms. The smallest absolute Gasteiger partial charge is 0.200 e. The van der Waals surface area contributed by atoms with Crippen molar-refractivity contribution in [2.24, 2.45) is 0 Å². The highest BCUT2D eigenvalue weighted by atomic mass is 32.3. The Labute approximate surface area is 182 Å². The summed E-state index contributed by atoms with van der Waals surface area (Å²) in [6, 6.07) is 31.0. The molecule has 4 aromatic carbocycles. The Kier molecular flexibility index (Phi) is 5.63. The molecule has 0 aliphatic heterocycles. The molecule has 0 atom stereocenters. The Bertz CT molecular complexity index is 1300. The summed E-state index contributed by atoms with van der Waals surface area (Å²) in [5.74, 6) is 0. The fourth-order valence-electron chi connectivity index (χ4n) is 3.19. The van der Waals surface area contributed by atoms with Crippen molar-refractivity contribution in [3.05, 3.63) is 115 Å². The molecule has 0 unspecified atom stereocenters. The summed E-state index contributed by atoms with van der Waals surface area (Å²) >= 11 is 0. The van der Waals surface area contributed by atoms with Crippen LogP contribution >= 0.6 is 0 Å². The van der Waals surface area contributed by atoms with Crippen LogP contribution in [0.2, 0.25) is 0 Å². The molecule has 31 heavy (non-hydrogen) atoms. The van der Waals surface area contributed by atoms with E-state index in [2.05, 4.69) is 0 Å². The first-order chi connectivity index (χ1) is 14.9. The second kappa shape index (κ2) is 8.37. The Morgan fingerprint density at radius 2 is 0.774 bits per heavy atom. The number of nitrogens with zero attached hydrogens (tertiary/aromatic N) is 1. The van der Waals surface area contributed by atoms with E-state index in [1.807, 2.05) is 30.3 Å². The zero-order chi connectivity index (χ0) is 21.9. The van der Waals surface area contributed by atoms with Gasteiger partial charge in [0.2, 0.25) is 0 Å². The standard InChI is InChI=1S/C24H19NO4S2/c26-30(27,23-12-6-2-7-13-23)25(31(28,29)24-14-8-3-9-15-24)22-18-16-21(17-19-22)20-10-4-1-5-11-20/h1-19H. The van der Waals surface area contributed by atoms with Crippen LogP contribution in [0.4, 0.5) is 5.69 Å². The van der Waals surface area contributed by atoms with Gasteiger partial charge >= 0.3 is 0 Å². The second-order valence-corrected chi connectivity index (χ2v) is 10.6. The van der Waals surface area contributed by atoms with Gasteiger partial charge < -0.3 is 0 Å². The van der Waals surface area contributed by atoms with Crippen LogP contribution < -0.4 is 3.71 Å². The van der Waals surface area contributed by atoms with Crippen molar-refractivity contribution >= 4 is 25.7 Å². The van der Waals surface area contributed by atoms with Gasteiger partial charge in [0, 0.05) is 0 Å². The molecular formula is C24H19NO4S2. The largest absolute Gasteiger partial charge is 0.277 e. The lowest BCUT2D eigenvalue weighted by Crippen LogP contribution is -2.37. The summed E-state index contributed by atoms with van der Waals surface area (Å²) in [6.45, 7) is 0. The summed E-state index contributed by atoms with van der Waals surface area (Å²) in [5.41, 5.74) is 1.82. The molecule has 0 N–H and O–H groups in total. The number of hydrogen-bond donors (Lipinski definition) is 0. The first-order valence-corrected chi connectivity index (χ1v) is 12.3. The molecule has 5 nitrogen and oxygen atoms in total. The molecule has 0 fully saturated rings. The van der Waals surface area contributed by atoms with Gasteiger partial charge in [0.25, 0.3) is 20.0 Å². The van der Waals surface area contributed by atoms with Crippen molar-refractivity contribution < 1.29 is 16.8 Å². The third-order valence-electron chi connectivity index (χ3n) is 4.70. The van der Waals surface area contributed by atoms with Crippen LogP contribution in [0.5, 0.6) is 0 Å². The Morgan fingerprint density at radius 1 is 0.419 bits per heavy atom. The summed E-state index contributed by atoms with van der Waals surface area (Å²) in [7, 11) is -8.78. The fourth-order valence-corrected chi connectivity index (χ4v) is 6.92. The van der Waals surface area contributed by atoms with Crippen LogP contribution in [0.3, 0.4) is 0 Å². The zero-order valence-electron chi connectivity index (χ0n) is 16.4. The first kappa shape index (κ1) is 20.8. The van der Waals surface area contributed by atoms with E-state index in [9.17, 15) is 16.8 Å². The van der Waals surface area contributed by atoms with Gasteiger partial charge in [-0.3, -0.25) is 0 Å². The maximum absolute atomic E-state index is 13.5. The first-order valence-electron chi connectivity index (χ1n) is 9.47. The molecule has 0 aliphatic carbocycles. The number of rotatable bonds is 6. The minimum absolute atomic E-state index is 0.0346. The van der Waals surface area contributed by atoms with Crippen molar-refractivity contribution in [2.45, 2.75) is 9.79 Å². The van der Waals surface area contributed by atoms with Crippen LogP contribution in [-0.4, -0.2) is 16.8 Å². The highest BCUT2D eigenvalue weighted by molar-refractivity contribution is 8.10. The normalized spacial score (nSPS) is 11.7. The Hall–Kier alpha value is -3.42. The molecule has 0 saturated carbocycles. The third kappa shape index (κ3) is 4.10. The fraction of sp³-hybridized carbons (Fsp3) is 0. The van der Waals surface area contributed by atoms with Gasteiger partial charge in [-0.05, 0) is 47.5 Å². The van der Waals surface area contributed by atoms with Gasteiger partial charge in [-0.25, -0.2) is 16.8 Å². The average Bonchev–Trinajstić information content (AvgIpc) is 2.81. The Balaban J connectivity index is 1.88. The second-order valence-electron chi connectivity index (χ2n) is 6.75. The van der Waals surface area contributed by atoms with Crippen LogP contribution in [0.1, 0.15) is 0 Å². The summed E-state index contributed by atoms with van der Waals surface area (Å²) in [5, 5.41) is 0. The molecule has 0 heterocycles. The highest BCUT2D eigenvalue weighted by Gasteiger charge is 2.36. The highest BCUT2D eigenvalue weighted by Crippen LogP contribution is 2.32. The van der Waals surface area contributed by atoms with Gasteiger partial charge in [-0.2, -0.15) is 3.71 Å². The van der Waals surface area contributed by atoms with Crippen molar-refractivity contribution in [3.8, 4) is 11.1 Å². The molecule has 0 aliphatic rings. The van der Waals surface area contributed by atoms with Crippen molar-refractivity contribution in [2.75, 3.05) is 3.71 Å². The van der Waals surface area contributed by atoms with Gasteiger partial charge in [0.05, 0.1) is 15.5 Å². The minimum Gasteiger partial charge on any atom is -0.200 e. The third-order valence-corrected chi connectivity index (χ3v) is 8.91. The molecule has 4 rings (SSSR count). The van der Waals surface area contributed by atoms with Gasteiger partial charge in [-0.15, -0.1) is 0 Å². The molecule has 4 aromatic rings. The number of hydrogen-bond acceptors (Lipinski definition) is 4. The number of anilines is 1. The minimum atomic E-state index is -4.39. The summed E-state index contributed by atoms with van der Waals surface area (Å²) in [6.07, 6.45) is 0. The summed E-state index contributed by atoms with van der Waals surface area (Å²) < 4.78 is 54.3. The van der Waals surface area contributed by atoms with E-state index >= 15 is 0 Å². The predicted molar refractivity (Wildman–Crippen MR) is 122 cm³/mol. The SMILES string of the molecule is O=S(=O)(c1ccccc1)N(c1ccc(-c2ccccc2)cc1)S(=O)(=O)c1ccccc1. The van der Waals surface area contributed by atoms with Gasteiger partial charge in [0.1, 0.15) is 0 Å².